The van der Waals surface area contributed by atoms with E-state index in [0.717, 1.165) is 0 Å². The van der Waals surface area contributed by atoms with E-state index in [9.17, 15) is 9.90 Å². The van der Waals surface area contributed by atoms with E-state index in [1.165, 1.54) is 12.1 Å². The van der Waals surface area contributed by atoms with E-state index in [-0.39, 0.29) is 10.8 Å². The van der Waals surface area contributed by atoms with Crippen LogP contribution in [0.1, 0.15) is 0 Å². The molecule has 6 heteroatoms. The molecule has 1 N–H and O–H groups in total. The lowest BCUT2D eigenvalue weighted by molar-refractivity contribution is -0.153. The van der Waals surface area contributed by atoms with E-state index < -0.39 is 12.2 Å². The van der Waals surface area contributed by atoms with Crippen LogP contribution >= 0.6 is 23.2 Å². The Morgan fingerprint density at radius 2 is 1.95 bits per heavy atom. The number of carboxylic acids is 1. The molecule has 0 saturated carbocycles. The van der Waals surface area contributed by atoms with Gasteiger partial charge in [0.1, 0.15) is 5.75 Å². The van der Waals surface area contributed by atoms with Gasteiger partial charge in [-0.25, -0.2) is 4.79 Å². The molecule has 1 unspecified atom stereocenters. The molecule has 20 heavy (non-hydrogen) atoms. The fourth-order valence-corrected chi connectivity index (χ4v) is 2.02. The number of benzene rings is 1. The molecular weight excluding hydrogens is 301 g/mol. The van der Waals surface area contributed by atoms with Crippen LogP contribution in [0.15, 0.2) is 43.5 Å². The quantitative estimate of drug-likeness (QED) is 0.589. The Hall–Kier alpha value is -1.49. The lowest BCUT2D eigenvalue weighted by Gasteiger charge is -2.27. The van der Waals surface area contributed by atoms with E-state index in [2.05, 4.69) is 13.2 Å². The number of carboxylic acid groups (broad SMARTS) is 1. The van der Waals surface area contributed by atoms with Gasteiger partial charge in [-0.15, -0.1) is 13.2 Å². The van der Waals surface area contributed by atoms with E-state index in [4.69, 9.17) is 27.9 Å². The SMILES string of the molecule is C=CCN(CC=C)C(Oc1ccc(Cl)cc1Cl)C(=O)O. The molecule has 0 fully saturated rings. The molecule has 0 radical (unpaired) electrons. The summed E-state index contributed by atoms with van der Waals surface area (Å²) in [7, 11) is 0. The highest BCUT2D eigenvalue weighted by atomic mass is 35.5. The topological polar surface area (TPSA) is 49.8 Å². The largest absolute Gasteiger partial charge is 0.477 e. The second-order valence-corrected chi connectivity index (χ2v) is 4.76. The van der Waals surface area contributed by atoms with Crippen LogP contribution in [0.25, 0.3) is 0 Å². The molecule has 0 bridgehead atoms. The summed E-state index contributed by atoms with van der Waals surface area (Å²) in [4.78, 5) is 12.9. The average molecular weight is 316 g/mol. The maximum absolute atomic E-state index is 11.4. The van der Waals surface area contributed by atoms with Crippen molar-refractivity contribution in [3.63, 3.8) is 0 Å². The summed E-state index contributed by atoms with van der Waals surface area (Å²) in [5.41, 5.74) is 0. The van der Waals surface area contributed by atoms with Crippen LogP contribution in [0.3, 0.4) is 0 Å². The Morgan fingerprint density at radius 3 is 2.40 bits per heavy atom. The van der Waals surface area contributed by atoms with Crippen molar-refractivity contribution in [1.29, 1.82) is 0 Å². The maximum Gasteiger partial charge on any atom is 0.360 e. The summed E-state index contributed by atoms with van der Waals surface area (Å²) < 4.78 is 5.47. The Bertz CT molecular complexity index is 495. The van der Waals surface area contributed by atoms with E-state index >= 15 is 0 Å². The molecule has 0 aliphatic rings. The minimum atomic E-state index is -1.19. The third kappa shape index (κ3) is 4.56. The molecule has 0 heterocycles. The number of rotatable bonds is 8. The van der Waals surface area contributed by atoms with Crippen LogP contribution < -0.4 is 4.74 Å². The summed E-state index contributed by atoms with van der Waals surface area (Å²) in [6.07, 6.45) is 1.99. The predicted molar refractivity (Wildman–Crippen MR) is 80.5 cm³/mol. The number of nitrogens with zero attached hydrogens (tertiary/aromatic N) is 1. The number of ether oxygens (including phenoxy) is 1. The van der Waals surface area contributed by atoms with Crippen molar-refractivity contribution < 1.29 is 14.6 Å². The van der Waals surface area contributed by atoms with Crippen molar-refractivity contribution in [1.82, 2.24) is 4.90 Å². The Kier molecular flexibility index (Phi) is 6.58. The van der Waals surface area contributed by atoms with Gasteiger partial charge >= 0.3 is 5.97 Å². The molecule has 0 aliphatic heterocycles. The summed E-state index contributed by atoms with van der Waals surface area (Å²) >= 11 is 11.8. The third-order valence-electron chi connectivity index (χ3n) is 2.40. The predicted octanol–water partition coefficient (Wildman–Crippen LogP) is 3.46. The molecule has 4 nitrogen and oxygen atoms in total. The molecule has 108 valence electrons. The van der Waals surface area contributed by atoms with Gasteiger partial charge in [-0.3, -0.25) is 4.90 Å². The molecule has 0 aromatic heterocycles. The molecular formula is C14H15Cl2NO3. The van der Waals surface area contributed by atoms with Crippen molar-refractivity contribution in [3.8, 4) is 5.75 Å². The van der Waals surface area contributed by atoms with Gasteiger partial charge in [0.05, 0.1) is 5.02 Å². The van der Waals surface area contributed by atoms with Gasteiger partial charge in [0.25, 0.3) is 6.23 Å². The average Bonchev–Trinajstić information content (AvgIpc) is 2.37. The first-order valence-corrected chi connectivity index (χ1v) is 6.55. The second kappa shape index (κ2) is 7.94. The molecule has 1 aromatic rings. The standard InChI is InChI=1S/C14H15Cl2NO3/c1-3-7-17(8-4-2)13(14(18)19)20-12-6-5-10(15)9-11(12)16/h3-6,9,13H,1-2,7-8H2,(H,18,19). The maximum atomic E-state index is 11.4. The molecule has 0 saturated heterocycles. The smallest absolute Gasteiger partial charge is 0.360 e. The van der Waals surface area contributed by atoms with Gasteiger partial charge in [0.2, 0.25) is 0 Å². The molecule has 0 spiro atoms. The van der Waals surface area contributed by atoms with Crippen molar-refractivity contribution >= 4 is 29.2 Å². The van der Waals surface area contributed by atoms with E-state index in [1.54, 1.807) is 23.1 Å². The molecule has 0 aliphatic carbocycles. The Morgan fingerprint density at radius 1 is 1.35 bits per heavy atom. The normalized spacial score (nSPS) is 11.9. The highest BCUT2D eigenvalue weighted by molar-refractivity contribution is 6.35. The minimum absolute atomic E-state index is 0.251. The summed E-state index contributed by atoms with van der Waals surface area (Å²) in [5.74, 6) is -0.874. The first-order chi connectivity index (χ1) is 9.49. The molecule has 1 aromatic carbocycles. The summed E-state index contributed by atoms with van der Waals surface area (Å²) in [6, 6.07) is 4.59. The lowest BCUT2D eigenvalue weighted by atomic mass is 10.3. The Balaban J connectivity index is 2.98. The number of hydrogen-bond acceptors (Lipinski definition) is 3. The van der Waals surface area contributed by atoms with Crippen molar-refractivity contribution in [2.24, 2.45) is 0 Å². The van der Waals surface area contributed by atoms with Gasteiger partial charge in [-0.2, -0.15) is 0 Å². The fraction of sp³-hybridized carbons (Fsp3) is 0.214. The second-order valence-electron chi connectivity index (χ2n) is 3.91. The van der Waals surface area contributed by atoms with Crippen molar-refractivity contribution in [2.75, 3.05) is 13.1 Å². The van der Waals surface area contributed by atoms with Gasteiger partial charge < -0.3 is 9.84 Å². The van der Waals surface area contributed by atoms with E-state index in [0.29, 0.717) is 18.1 Å². The molecule has 1 atom stereocenters. The minimum Gasteiger partial charge on any atom is -0.477 e. The number of halogens is 2. The van der Waals surface area contributed by atoms with Crippen molar-refractivity contribution in [3.05, 3.63) is 53.6 Å². The van der Waals surface area contributed by atoms with Crippen LogP contribution in [0.5, 0.6) is 5.75 Å². The lowest BCUT2D eigenvalue weighted by Crippen LogP contribution is -2.45. The first-order valence-electron chi connectivity index (χ1n) is 5.80. The number of carbonyl (C=O) groups is 1. The Labute approximate surface area is 127 Å². The van der Waals surface area contributed by atoms with Gasteiger partial charge in [0.15, 0.2) is 0 Å². The fourth-order valence-electron chi connectivity index (χ4n) is 1.57. The zero-order chi connectivity index (χ0) is 15.1. The third-order valence-corrected chi connectivity index (χ3v) is 2.93. The summed E-state index contributed by atoms with van der Waals surface area (Å²) in [6.45, 7) is 7.87. The number of aliphatic carboxylic acids is 1. The van der Waals surface area contributed by atoms with Crippen LogP contribution in [0.4, 0.5) is 0 Å². The van der Waals surface area contributed by atoms with E-state index in [1.807, 2.05) is 0 Å². The molecule has 1 rings (SSSR count). The monoisotopic (exact) mass is 315 g/mol. The summed E-state index contributed by atoms with van der Waals surface area (Å²) in [5, 5.41) is 10.00. The van der Waals surface area contributed by atoms with Crippen molar-refractivity contribution in [2.45, 2.75) is 6.23 Å². The highest BCUT2D eigenvalue weighted by Gasteiger charge is 2.26. The zero-order valence-corrected chi connectivity index (χ0v) is 12.3. The molecule has 0 amide bonds. The van der Waals surface area contributed by atoms with Crippen LogP contribution in [0, 0.1) is 0 Å². The van der Waals surface area contributed by atoms with Gasteiger partial charge in [-0.1, -0.05) is 35.4 Å². The van der Waals surface area contributed by atoms with Gasteiger partial charge in [0, 0.05) is 18.1 Å². The van der Waals surface area contributed by atoms with Crippen LogP contribution in [-0.2, 0) is 4.79 Å². The zero-order valence-electron chi connectivity index (χ0n) is 10.8. The van der Waals surface area contributed by atoms with Crippen LogP contribution in [-0.4, -0.2) is 35.3 Å². The van der Waals surface area contributed by atoms with Gasteiger partial charge in [-0.05, 0) is 18.2 Å². The van der Waals surface area contributed by atoms with Crippen LogP contribution in [0.2, 0.25) is 10.0 Å². The highest BCUT2D eigenvalue weighted by Crippen LogP contribution is 2.28. The first kappa shape index (κ1) is 16.6. The number of hydrogen-bond donors (Lipinski definition) is 1.